The minimum absolute atomic E-state index is 0.0259. The van der Waals surface area contributed by atoms with Crippen molar-refractivity contribution in [3.63, 3.8) is 0 Å². The highest BCUT2D eigenvalue weighted by atomic mass is 32.2. The van der Waals surface area contributed by atoms with Crippen molar-refractivity contribution in [2.75, 3.05) is 12.3 Å². The Morgan fingerprint density at radius 2 is 1.89 bits per heavy atom. The average Bonchev–Trinajstić information content (AvgIpc) is 2.26. The molecule has 0 radical (unpaired) electrons. The number of rotatable bonds is 6. The fraction of sp³-hybridized carbons (Fsp3) is 0.571. The lowest BCUT2D eigenvalue weighted by atomic mass is 10.1. The Labute approximate surface area is 112 Å². The summed E-state index contributed by atoms with van der Waals surface area (Å²) in [4.78, 5) is 0. The van der Waals surface area contributed by atoms with Gasteiger partial charge in [-0.15, -0.1) is 0 Å². The summed E-state index contributed by atoms with van der Waals surface area (Å²) in [5, 5.41) is 13.0. The molecule has 0 aliphatic heterocycles. The number of benzene rings is 1. The molecule has 2 N–H and O–H groups in total. The minimum Gasteiger partial charge on any atom is -0.391 e. The molecule has 0 spiro atoms. The van der Waals surface area contributed by atoms with Crippen molar-refractivity contribution < 1.29 is 9.32 Å². The van der Waals surface area contributed by atoms with Crippen molar-refractivity contribution >= 4 is 10.8 Å². The minimum atomic E-state index is -1.02. The van der Waals surface area contributed by atoms with Gasteiger partial charge in [0.1, 0.15) is 0 Å². The number of aliphatic hydroxyl groups excluding tert-OH is 1. The maximum atomic E-state index is 11.9. The van der Waals surface area contributed by atoms with E-state index in [4.69, 9.17) is 0 Å². The third-order valence-electron chi connectivity index (χ3n) is 2.42. The standard InChI is InChI=1S/C14H23NO2S/c1-14(2,3)15-9-13(16)11-18(17)10-12-7-5-4-6-8-12/h4-8,13,15-16H,9-11H2,1-3H3. The first-order chi connectivity index (χ1) is 8.37. The van der Waals surface area contributed by atoms with Crippen LogP contribution in [0.1, 0.15) is 26.3 Å². The molecule has 0 heterocycles. The second kappa shape index (κ2) is 7.02. The average molecular weight is 269 g/mol. The molecule has 0 bridgehead atoms. The van der Waals surface area contributed by atoms with Gasteiger partial charge in [-0.1, -0.05) is 30.3 Å². The fourth-order valence-electron chi connectivity index (χ4n) is 1.52. The van der Waals surface area contributed by atoms with E-state index in [0.717, 1.165) is 5.56 Å². The lowest BCUT2D eigenvalue weighted by Crippen LogP contribution is -2.42. The van der Waals surface area contributed by atoms with Gasteiger partial charge in [-0.05, 0) is 26.3 Å². The molecule has 4 heteroatoms. The summed E-state index contributed by atoms with van der Waals surface area (Å²) in [6.45, 7) is 6.60. The van der Waals surface area contributed by atoms with Gasteiger partial charge in [0.2, 0.25) is 0 Å². The Bertz CT molecular complexity index is 373. The molecule has 102 valence electrons. The second-order valence-electron chi connectivity index (χ2n) is 5.52. The zero-order valence-electron chi connectivity index (χ0n) is 11.3. The summed E-state index contributed by atoms with van der Waals surface area (Å²) >= 11 is 0. The first-order valence-corrected chi connectivity index (χ1v) is 7.67. The van der Waals surface area contributed by atoms with Gasteiger partial charge in [-0.25, -0.2) is 0 Å². The van der Waals surface area contributed by atoms with Crippen LogP contribution in [-0.2, 0) is 16.6 Å². The highest BCUT2D eigenvalue weighted by Crippen LogP contribution is 2.04. The predicted octanol–water partition coefficient (Wildman–Crippen LogP) is 1.68. The van der Waals surface area contributed by atoms with Crippen LogP contribution in [0.25, 0.3) is 0 Å². The van der Waals surface area contributed by atoms with E-state index >= 15 is 0 Å². The van der Waals surface area contributed by atoms with Crippen LogP contribution in [0.4, 0.5) is 0 Å². The molecule has 2 atom stereocenters. The van der Waals surface area contributed by atoms with Gasteiger partial charge in [0.25, 0.3) is 0 Å². The van der Waals surface area contributed by atoms with E-state index in [1.165, 1.54) is 0 Å². The molecular formula is C14H23NO2S. The molecule has 2 unspecified atom stereocenters. The van der Waals surface area contributed by atoms with Crippen LogP contribution in [0.15, 0.2) is 30.3 Å². The van der Waals surface area contributed by atoms with Crippen molar-refractivity contribution in [3.8, 4) is 0 Å². The van der Waals surface area contributed by atoms with E-state index in [9.17, 15) is 9.32 Å². The van der Waals surface area contributed by atoms with Crippen LogP contribution in [0.3, 0.4) is 0 Å². The van der Waals surface area contributed by atoms with Gasteiger partial charge in [0.05, 0.1) is 11.9 Å². The predicted molar refractivity (Wildman–Crippen MR) is 76.9 cm³/mol. The first-order valence-electron chi connectivity index (χ1n) is 6.19. The summed E-state index contributed by atoms with van der Waals surface area (Å²) in [5.41, 5.74) is 1.02. The summed E-state index contributed by atoms with van der Waals surface area (Å²) in [6.07, 6.45) is -0.561. The zero-order valence-corrected chi connectivity index (χ0v) is 12.2. The number of hydrogen-bond donors (Lipinski definition) is 2. The highest BCUT2D eigenvalue weighted by molar-refractivity contribution is 7.84. The summed E-state index contributed by atoms with van der Waals surface area (Å²) in [5.74, 6) is 0.825. The van der Waals surface area contributed by atoms with Crippen LogP contribution in [0, 0.1) is 0 Å². The molecule has 18 heavy (non-hydrogen) atoms. The van der Waals surface area contributed by atoms with E-state index in [2.05, 4.69) is 5.32 Å². The molecule has 0 saturated carbocycles. The van der Waals surface area contributed by atoms with Crippen LogP contribution in [0.2, 0.25) is 0 Å². The van der Waals surface area contributed by atoms with Gasteiger partial charge in [-0.2, -0.15) is 0 Å². The quantitative estimate of drug-likeness (QED) is 0.826. The van der Waals surface area contributed by atoms with Crippen LogP contribution in [0.5, 0.6) is 0 Å². The highest BCUT2D eigenvalue weighted by Gasteiger charge is 2.14. The molecule has 0 fully saturated rings. The normalized spacial score (nSPS) is 15.3. The van der Waals surface area contributed by atoms with E-state index in [1.54, 1.807) is 0 Å². The molecule has 1 aromatic rings. The monoisotopic (exact) mass is 269 g/mol. The van der Waals surface area contributed by atoms with Crippen molar-refractivity contribution in [2.45, 2.75) is 38.2 Å². The summed E-state index contributed by atoms with van der Waals surface area (Å²) in [7, 11) is -1.02. The van der Waals surface area contributed by atoms with Gasteiger partial charge in [0.15, 0.2) is 0 Å². The maximum Gasteiger partial charge on any atom is 0.0779 e. The molecule has 0 aliphatic carbocycles. The van der Waals surface area contributed by atoms with E-state index < -0.39 is 16.9 Å². The SMILES string of the molecule is CC(C)(C)NCC(O)CS(=O)Cc1ccccc1. The van der Waals surface area contributed by atoms with E-state index in [0.29, 0.717) is 18.1 Å². The fourth-order valence-corrected chi connectivity index (χ4v) is 2.75. The van der Waals surface area contributed by atoms with E-state index in [-0.39, 0.29) is 5.54 Å². The van der Waals surface area contributed by atoms with Gasteiger partial charge in [0, 0.05) is 28.6 Å². The van der Waals surface area contributed by atoms with Gasteiger partial charge < -0.3 is 10.4 Å². The molecule has 1 aromatic carbocycles. The molecule has 0 saturated heterocycles. The van der Waals surface area contributed by atoms with Crippen LogP contribution in [-0.4, -0.2) is 33.3 Å². The third kappa shape index (κ3) is 6.89. The molecule has 1 rings (SSSR count). The number of hydrogen-bond acceptors (Lipinski definition) is 3. The largest absolute Gasteiger partial charge is 0.391 e. The Hall–Kier alpha value is -0.710. The Morgan fingerprint density at radius 1 is 1.28 bits per heavy atom. The molecular weight excluding hydrogens is 246 g/mol. The lowest BCUT2D eigenvalue weighted by Gasteiger charge is -2.22. The lowest BCUT2D eigenvalue weighted by molar-refractivity contribution is 0.182. The molecule has 0 aromatic heterocycles. The van der Waals surface area contributed by atoms with Crippen LogP contribution >= 0.6 is 0 Å². The Balaban J connectivity index is 2.32. The molecule has 3 nitrogen and oxygen atoms in total. The van der Waals surface area contributed by atoms with Crippen LogP contribution < -0.4 is 5.32 Å². The Morgan fingerprint density at radius 3 is 2.44 bits per heavy atom. The smallest absolute Gasteiger partial charge is 0.0779 e. The third-order valence-corrected chi connectivity index (χ3v) is 3.83. The second-order valence-corrected chi connectivity index (χ2v) is 7.02. The van der Waals surface area contributed by atoms with Crippen molar-refractivity contribution in [1.82, 2.24) is 5.32 Å². The topological polar surface area (TPSA) is 49.3 Å². The zero-order chi connectivity index (χ0) is 13.6. The first kappa shape index (κ1) is 15.3. The Kier molecular flexibility index (Phi) is 5.99. The van der Waals surface area contributed by atoms with Crippen molar-refractivity contribution in [1.29, 1.82) is 0 Å². The number of β-amino-alcohol motifs (C(OH)–C–C–N with tert-alkyl or cyclic N) is 1. The summed E-state index contributed by atoms with van der Waals surface area (Å²) in [6, 6.07) is 9.72. The summed E-state index contributed by atoms with van der Waals surface area (Å²) < 4.78 is 11.9. The van der Waals surface area contributed by atoms with Gasteiger partial charge in [-0.3, -0.25) is 4.21 Å². The molecule has 0 aliphatic rings. The van der Waals surface area contributed by atoms with Gasteiger partial charge >= 0.3 is 0 Å². The number of nitrogens with one attached hydrogen (secondary N) is 1. The van der Waals surface area contributed by atoms with Crippen molar-refractivity contribution in [3.05, 3.63) is 35.9 Å². The number of aliphatic hydroxyl groups is 1. The van der Waals surface area contributed by atoms with Crippen molar-refractivity contribution in [2.24, 2.45) is 0 Å². The van der Waals surface area contributed by atoms with E-state index in [1.807, 2.05) is 51.1 Å². The molecule has 0 amide bonds. The maximum absolute atomic E-state index is 11.9.